The summed E-state index contributed by atoms with van der Waals surface area (Å²) in [7, 11) is 0. The Balaban J connectivity index is 2.71. The number of nitriles is 1. The van der Waals surface area contributed by atoms with Crippen molar-refractivity contribution in [1.29, 1.82) is 5.26 Å². The van der Waals surface area contributed by atoms with E-state index in [0.717, 1.165) is 12.8 Å². The highest BCUT2D eigenvalue weighted by molar-refractivity contribution is 5.69. The molecule has 0 aromatic rings. The minimum absolute atomic E-state index is 0.153. The molecule has 1 aliphatic carbocycles. The molecular formula is C11H15F3N2O2. The van der Waals surface area contributed by atoms with Crippen LogP contribution in [0.25, 0.3) is 0 Å². The number of hydrogen-bond donors (Lipinski definition) is 1. The van der Waals surface area contributed by atoms with E-state index in [1.165, 1.54) is 11.0 Å². The van der Waals surface area contributed by atoms with Crippen molar-refractivity contribution < 1.29 is 23.1 Å². The zero-order valence-electron chi connectivity index (χ0n) is 9.78. The number of carbonyl (C=O) groups is 1. The van der Waals surface area contributed by atoms with Crippen molar-refractivity contribution in [2.24, 2.45) is 5.92 Å². The van der Waals surface area contributed by atoms with Gasteiger partial charge in [0.15, 0.2) is 5.92 Å². The molecule has 1 N–H and O–H groups in total. The molecule has 1 unspecified atom stereocenters. The van der Waals surface area contributed by atoms with E-state index in [1.807, 2.05) is 0 Å². The Morgan fingerprint density at radius 1 is 1.44 bits per heavy atom. The van der Waals surface area contributed by atoms with Gasteiger partial charge >= 0.3 is 12.1 Å². The number of hydrogen-bond acceptors (Lipinski definition) is 3. The van der Waals surface area contributed by atoms with Gasteiger partial charge in [-0.1, -0.05) is 12.8 Å². The Kier molecular flexibility index (Phi) is 4.96. The first-order valence-corrected chi connectivity index (χ1v) is 5.76. The molecule has 0 aliphatic heterocycles. The number of aliphatic carboxylic acids is 1. The van der Waals surface area contributed by atoms with Crippen LogP contribution in [0.4, 0.5) is 13.2 Å². The molecule has 1 atom stereocenters. The van der Waals surface area contributed by atoms with Gasteiger partial charge in [0.25, 0.3) is 0 Å². The second-order valence-corrected chi connectivity index (χ2v) is 4.48. The maximum absolute atomic E-state index is 12.5. The van der Waals surface area contributed by atoms with Crippen molar-refractivity contribution in [2.75, 3.05) is 13.1 Å². The average molecular weight is 264 g/mol. The van der Waals surface area contributed by atoms with Gasteiger partial charge in [0.05, 0.1) is 12.6 Å². The van der Waals surface area contributed by atoms with Gasteiger partial charge in [-0.3, -0.25) is 9.69 Å². The Hall–Kier alpha value is -1.29. The zero-order valence-corrected chi connectivity index (χ0v) is 9.78. The second-order valence-electron chi connectivity index (χ2n) is 4.48. The lowest BCUT2D eigenvalue weighted by Crippen LogP contribution is -2.43. The van der Waals surface area contributed by atoms with E-state index in [0.29, 0.717) is 12.8 Å². The molecule has 0 radical (unpaired) electrons. The van der Waals surface area contributed by atoms with Crippen molar-refractivity contribution in [1.82, 2.24) is 4.90 Å². The Morgan fingerprint density at radius 3 is 2.39 bits per heavy atom. The largest absolute Gasteiger partial charge is 0.480 e. The Bertz CT molecular complexity index is 332. The fourth-order valence-corrected chi connectivity index (χ4v) is 2.24. The molecule has 0 spiro atoms. The van der Waals surface area contributed by atoms with Gasteiger partial charge in [-0.05, 0) is 12.8 Å². The van der Waals surface area contributed by atoms with Gasteiger partial charge in [0.2, 0.25) is 0 Å². The summed E-state index contributed by atoms with van der Waals surface area (Å²) in [6, 6.07) is 1.06. The monoisotopic (exact) mass is 264 g/mol. The summed E-state index contributed by atoms with van der Waals surface area (Å²) >= 11 is 0. The van der Waals surface area contributed by atoms with Crippen LogP contribution in [0, 0.1) is 17.2 Å². The lowest BCUT2D eigenvalue weighted by atomic mass is 10.1. The van der Waals surface area contributed by atoms with Crippen LogP contribution in [0.5, 0.6) is 0 Å². The highest BCUT2D eigenvalue weighted by Gasteiger charge is 2.42. The summed E-state index contributed by atoms with van der Waals surface area (Å²) in [6.45, 7) is -1.00. The van der Waals surface area contributed by atoms with Gasteiger partial charge in [0.1, 0.15) is 0 Å². The van der Waals surface area contributed by atoms with Crippen molar-refractivity contribution in [3.63, 3.8) is 0 Å². The summed E-state index contributed by atoms with van der Waals surface area (Å²) in [6.07, 6.45) is -1.43. The molecule has 0 heterocycles. The Labute approximate surface area is 103 Å². The van der Waals surface area contributed by atoms with Gasteiger partial charge in [0, 0.05) is 12.6 Å². The van der Waals surface area contributed by atoms with Gasteiger partial charge < -0.3 is 5.11 Å². The van der Waals surface area contributed by atoms with E-state index >= 15 is 0 Å². The molecule has 7 heteroatoms. The summed E-state index contributed by atoms with van der Waals surface area (Å²) < 4.78 is 37.5. The number of rotatable bonds is 5. The van der Waals surface area contributed by atoms with Crippen LogP contribution in [0.2, 0.25) is 0 Å². The van der Waals surface area contributed by atoms with Crippen LogP contribution in [-0.2, 0) is 4.79 Å². The third-order valence-corrected chi connectivity index (χ3v) is 3.15. The molecule has 0 aromatic carbocycles. The zero-order chi connectivity index (χ0) is 13.8. The summed E-state index contributed by atoms with van der Waals surface area (Å²) in [4.78, 5) is 12.0. The standard InChI is InChI=1S/C11H15F3N2O2/c12-11(13,14)8(5-15)6-16(7-10(17)18)9-3-1-2-4-9/h8-9H,1-4,6-7H2,(H,17,18). The third kappa shape index (κ3) is 4.18. The lowest BCUT2D eigenvalue weighted by Gasteiger charge is -2.29. The van der Waals surface area contributed by atoms with E-state index < -0.39 is 31.2 Å². The fourth-order valence-electron chi connectivity index (χ4n) is 2.24. The Morgan fingerprint density at radius 2 is 2.00 bits per heavy atom. The maximum atomic E-state index is 12.5. The quantitative estimate of drug-likeness (QED) is 0.825. The van der Waals surface area contributed by atoms with E-state index in [1.54, 1.807) is 0 Å². The molecule has 0 saturated heterocycles. The minimum Gasteiger partial charge on any atom is -0.480 e. The van der Waals surface area contributed by atoms with Gasteiger partial charge in [-0.15, -0.1) is 0 Å². The SMILES string of the molecule is N#CC(CN(CC(=O)O)C1CCCC1)C(F)(F)F. The fraction of sp³-hybridized carbons (Fsp3) is 0.818. The molecule has 102 valence electrons. The maximum Gasteiger partial charge on any atom is 0.405 e. The predicted octanol–water partition coefficient (Wildman–Crippen LogP) is 2.02. The molecule has 1 fully saturated rings. The van der Waals surface area contributed by atoms with Crippen LogP contribution < -0.4 is 0 Å². The van der Waals surface area contributed by atoms with E-state index in [4.69, 9.17) is 10.4 Å². The molecule has 0 amide bonds. The second kappa shape index (κ2) is 6.05. The molecule has 1 aliphatic rings. The van der Waals surface area contributed by atoms with Crippen LogP contribution in [-0.4, -0.2) is 41.3 Å². The topological polar surface area (TPSA) is 64.3 Å². The van der Waals surface area contributed by atoms with Crippen LogP contribution in [0.15, 0.2) is 0 Å². The van der Waals surface area contributed by atoms with E-state index in [2.05, 4.69) is 0 Å². The normalized spacial score (nSPS) is 18.8. The number of nitrogens with zero attached hydrogens (tertiary/aromatic N) is 2. The highest BCUT2D eigenvalue weighted by Crippen LogP contribution is 2.29. The number of halogens is 3. The predicted molar refractivity (Wildman–Crippen MR) is 56.6 cm³/mol. The van der Waals surface area contributed by atoms with Crippen molar-refractivity contribution in [3.8, 4) is 6.07 Å². The van der Waals surface area contributed by atoms with Gasteiger partial charge in [-0.2, -0.15) is 18.4 Å². The molecule has 1 saturated carbocycles. The van der Waals surface area contributed by atoms with Crippen molar-refractivity contribution in [2.45, 2.75) is 37.9 Å². The molecule has 0 bridgehead atoms. The van der Waals surface area contributed by atoms with Crippen LogP contribution in [0.1, 0.15) is 25.7 Å². The van der Waals surface area contributed by atoms with E-state index in [9.17, 15) is 18.0 Å². The third-order valence-electron chi connectivity index (χ3n) is 3.15. The summed E-state index contributed by atoms with van der Waals surface area (Å²) in [5.41, 5.74) is 0. The smallest absolute Gasteiger partial charge is 0.405 e. The molecular weight excluding hydrogens is 249 g/mol. The number of carboxylic acids is 1. The molecule has 4 nitrogen and oxygen atoms in total. The highest BCUT2D eigenvalue weighted by atomic mass is 19.4. The first-order chi connectivity index (χ1) is 8.34. The summed E-state index contributed by atoms with van der Waals surface area (Å²) in [5.74, 6) is -3.29. The molecule has 0 aromatic heterocycles. The number of alkyl halides is 3. The van der Waals surface area contributed by atoms with Gasteiger partial charge in [-0.25, -0.2) is 0 Å². The number of carboxylic acid groups (broad SMARTS) is 1. The van der Waals surface area contributed by atoms with Crippen LogP contribution in [0.3, 0.4) is 0 Å². The van der Waals surface area contributed by atoms with Crippen LogP contribution >= 0.6 is 0 Å². The lowest BCUT2D eigenvalue weighted by molar-refractivity contribution is -0.166. The van der Waals surface area contributed by atoms with E-state index in [-0.39, 0.29) is 6.04 Å². The first kappa shape index (κ1) is 14.8. The average Bonchev–Trinajstić information content (AvgIpc) is 2.74. The molecule has 18 heavy (non-hydrogen) atoms. The molecule has 1 rings (SSSR count). The first-order valence-electron chi connectivity index (χ1n) is 5.76. The van der Waals surface area contributed by atoms with Crippen molar-refractivity contribution >= 4 is 5.97 Å². The summed E-state index contributed by atoms with van der Waals surface area (Å²) in [5, 5.41) is 17.3. The minimum atomic E-state index is -4.61. The van der Waals surface area contributed by atoms with Crippen molar-refractivity contribution in [3.05, 3.63) is 0 Å².